The van der Waals surface area contributed by atoms with Crippen molar-refractivity contribution in [1.82, 2.24) is 5.32 Å². The number of ether oxygens (including phenoxy) is 3. The Kier molecular flexibility index (Phi) is 4.58. The van der Waals surface area contributed by atoms with Crippen LogP contribution in [0.1, 0.15) is 24.9 Å². The second-order valence-electron chi connectivity index (χ2n) is 6.49. The lowest BCUT2D eigenvalue weighted by Crippen LogP contribution is -2.41. The zero-order chi connectivity index (χ0) is 18.8. The quantitative estimate of drug-likeness (QED) is 0.866. The minimum Gasteiger partial charge on any atom is -0.486 e. The van der Waals surface area contributed by atoms with Crippen molar-refractivity contribution < 1.29 is 23.8 Å². The van der Waals surface area contributed by atoms with Gasteiger partial charge < -0.3 is 24.8 Å². The van der Waals surface area contributed by atoms with Gasteiger partial charge in [0.15, 0.2) is 17.6 Å². The molecule has 0 saturated heterocycles. The molecule has 2 aromatic rings. The normalized spacial score (nSPS) is 18.6. The number of rotatable bonds is 4. The molecule has 27 heavy (non-hydrogen) atoms. The average Bonchev–Trinajstić information content (AvgIpc) is 2.68. The van der Waals surface area contributed by atoms with Crippen molar-refractivity contribution in [2.75, 3.05) is 18.5 Å². The van der Waals surface area contributed by atoms with Crippen LogP contribution in [0.25, 0.3) is 0 Å². The van der Waals surface area contributed by atoms with Crippen LogP contribution in [0.3, 0.4) is 0 Å². The fourth-order valence-corrected chi connectivity index (χ4v) is 3.11. The van der Waals surface area contributed by atoms with Crippen LogP contribution in [0.4, 0.5) is 5.69 Å². The number of hydrogen-bond acceptors (Lipinski definition) is 5. The zero-order valence-corrected chi connectivity index (χ0v) is 14.9. The molecule has 0 aliphatic carbocycles. The van der Waals surface area contributed by atoms with E-state index in [1.807, 2.05) is 37.3 Å². The first-order valence-electron chi connectivity index (χ1n) is 8.85. The third-order valence-electron chi connectivity index (χ3n) is 4.52. The van der Waals surface area contributed by atoms with Gasteiger partial charge in [0.05, 0.1) is 18.2 Å². The van der Waals surface area contributed by atoms with Crippen LogP contribution in [0, 0.1) is 0 Å². The highest BCUT2D eigenvalue weighted by molar-refractivity contribution is 5.99. The van der Waals surface area contributed by atoms with Gasteiger partial charge in [-0.25, -0.2) is 0 Å². The number of anilines is 1. The second-order valence-corrected chi connectivity index (χ2v) is 6.49. The maximum Gasteiger partial charge on any atom is 0.266 e. The molecule has 2 heterocycles. The van der Waals surface area contributed by atoms with Gasteiger partial charge >= 0.3 is 0 Å². The molecule has 4 rings (SSSR count). The molecular weight excluding hydrogens is 348 g/mol. The van der Waals surface area contributed by atoms with E-state index in [0.717, 1.165) is 5.56 Å². The SMILES string of the molecule is C[C@@H](NC(=O)C[C@H]1Oc2ccccc2NC1=O)c1ccc2c(c1)OCCO2. The lowest BCUT2D eigenvalue weighted by atomic mass is 10.1. The van der Waals surface area contributed by atoms with E-state index < -0.39 is 6.10 Å². The summed E-state index contributed by atoms with van der Waals surface area (Å²) in [6, 6.07) is 12.5. The highest BCUT2D eigenvalue weighted by Crippen LogP contribution is 2.33. The molecular formula is C20H20N2O5. The zero-order valence-electron chi connectivity index (χ0n) is 14.9. The van der Waals surface area contributed by atoms with Crippen LogP contribution in [0.2, 0.25) is 0 Å². The van der Waals surface area contributed by atoms with Crippen molar-refractivity contribution in [3.63, 3.8) is 0 Å². The van der Waals surface area contributed by atoms with Crippen LogP contribution >= 0.6 is 0 Å². The molecule has 0 radical (unpaired) electrons. The smallest absolute Gasteiger partial charge is 0.266 e. The average molecular weight is 368 g/mol. The molecule has 0 bridgehead atoms. The Balaban J connectivity index is 1.38. The van der Waals surface area contributed by atoms with Gasteiger partial charge in [0.2, 0.25) is 5.91 Å². The molecule has 140 valence electrons. The van der Waals surface area contributed by atoms with Crippen molar-refractivity contribution in [2.45, 2.75) is 25.5 Å². The van der Waals surface area contributed by atoms with E-state index >= 15 is 0 Å². The Bertz CT molecular complexity index is 882. The number of carbonyl (C=O) groups is 2. The molecule has 2 aromatic carbocycles. The molecule has 0 spiro atoms. The number of para-hydroxylation sites is 2. The Morgan fingerprint density at radius 3 is 2.78 bits per heavy atom. The number of amides is 2. The Morgan fingerprint density at radius 1 is 1.15 bits per heavy atom. The van der Waals surface area contributed by atoms with E-state index in [9.17, 15) is 9.59 Å². The summed E-state index contributed by atoms with van der Waals surface area (Å²) >= 11 is 0. The minimum absolute atomic E-state index is 0.0605. The summed E-state index contributed by atoms with van der Waals surface area (Å²) in [7, 11) is 0. The van der Waals surface area contributed by atoms with Gasteiger partial charge in [-0.2, -0.15) is 0 Å². The van der Waals surface area contributed by atoms with E-state index in [1.165, 1.54) is 0 Å². The first-order valence-corrected chi connectivity index (χ1v) is 8.85. The van der Waals surface area contributed by atoms with Gasteiger partial charge in [0, 0.05) is 0 Å². The topological polar surface area (TPSA) is 85.9 Å². The van der Waals surface area contributed by atoms with Crippen LogP contribution in [0.5, 0.6) is 17.2 Å². The maximum atomic E-state index is 12.4. The van der Waals surface area contributed by atoms with E-state index in [2.05, 4.69) is 10.6 Å². The summed E-state index contributed by atoms with van der Waals surface area (Å²) in [6.07, 6.45) is -0.915. The fourth-order valence-electron chi connectivity index (χ4n) is 3.11. The van der Waals surface area contributed by atoms with Crippen molar-refractivity contribution in [2.24, 2.45) is 0 Å². The molecule has 2 N–H and O–H groups in total. The Morgan fingerprint density at radius 2 is 1.93 bits per heavy atom. The monoisotopic (exact) mass is 368 g/mol. The molecule has 2 aliphatic rings. The molecule has 2 amide bonds. The largest absolute Gasteiger partial charge is 0.486 e. The third kappa shape index (κ3) is 3.67. The van der Waals surface area contributed by atoms with Crippen molar-refractivity contribution in [3.8, 4) is 17.2 Å². The lowest BCUT2D eigenvalue weighted by Gasteiger charge is -2.26. The summed E-state index contributed by atoms with van der Waals surface area (Å²) in [6.45, 7) is 2.92. The summed E-state index contributed by atoms with van der Waals surface area (Å²) in [4.78, 5) is 24.6. The number of fused-ring (bicyclic) bond motifs is 2. The van der Waals surface area contributed by atoms with Crippen LogP contribution in [-0.2, 0) is 9.59 Å². The van der Waals surface area contributed by atoms with E-state index in [4.69, 9.17) is 14.2 Å². The predicted octanol–water partition coefficient (Wildman–Crippen LogP) is 2.42. The predicted molar refractivity (Wildman–Crippen MR) is 98.1 cm³/mol. The summed E-state index contributed by atoms with van der Waals surface area (Å²) in [5, 5.41) is 5.66. The van der Waals surface area contributed by atoms with Crippen LogP contribution < -0.4 is 24.8 Å². The standard InChI is InChI=1S/C20H20N2O5/c1-12(13-6-7-16-17(10-13)26-9-8-25-16)21-19(23)11-18-20(24)22-14-4-2-3-5-15(14)27-18/h2-7,10,12,18H,8-9,11H2,1H3,(H,21,23)(H,22,24)/t12-,18-/m1/s1. The number of nitrogens with one attached hydrogen (secondary N) is 2. The van der Waals surface area contributed by atoms with Crippen molar-refractivity contribution >= 4 is 17.5 Å². The van der Waals surface area contributed by atoms with E-state index in [-0.39, 0.29) is 24.3 Å². The molecule has 0 saturated carbocycles. The molecule has 2 atom stereocenters. The van der Waals surface area contributed by atoms with Gasteiger partial charge in [-0.15, -0.1) is 0 Å². The number of carbonyl (C=O) groups excluding carboxylic acids is 2. The fraction of sp³-hybridized carbons (Fsp3) is 0.300. The minimum atomic E-state index is -0.854. The van der Waals surface area contributed by atoms with E-state index in [1.54, 1.807) is 12.1 Å². The first-order chi connectivity index (χ1) is 13.1. The summed E-state index contributed by atoms with van der Waals surface area (Å²) in [5.41, 5.74) is 1.51. The molecule has 0 fully saturated rings. The highest BCUT2D eigenvalue weighted by atomic mass is 16.6. The number of benzene rings is 2. The van der Waals surface area contributed by atoms with Crippen molar-refractivity contribution in [1.29, 1.82) is 0 Å². The van der Waals surface area contributed by atoms with Crippen molar-refractivity contribution in [3.05, 3.63) is 48.0 Å². The highest BCUT2D eigenvalue weighted by Gasteiger charge is 2.30. The first kappa shape index (κ1) is 17.2. The third-order valence-corrected chi connectivity index (χ3v) is 4.52. The molecule has 7 nitrogen and oxygen atoms in total. The van der Waals surface area contributed by atoms with Crippen LogP contribution in [0.15, 0.2) is 42.5 Å². The van der Waals surface area contributed by atoms with Gasteiger partial charge in [0.1, 0.15) is 19.0 Å². The van der Waals surface area contributed by atoms with Gasteiger partial charge in [-0.05, 0) is 36.8 Å². The molecule has 0 unspecified atom stereocenters. The Hall–Kier alpha value is -3.22. The molecule has 7 heteroatoms. The summed E-state index contributed by atoms with van der Waals surface area (Å²) < 4.78 is 16.8. The lowest BCUT2D eigenvalue weighted by molar-refractivity contribution is -0.130. The second kappa shape index (κ2) is 7.19. The number of hydrogen-bond donors (Lipinski definition) is 2. The van der Waals surface area contributed by atoms with Gasteiger partial charge in [-0.1, -0.05) is 18.2 Å². The summed E-state index contributed by atoms with van der Waals surface area (Å²) in [5.74, 6) is 1.35. The Labute approximate surface area is 156 Å². The molecule has 2 aliphatic heterocycles. The van der Waals surface area contributed by atoms with E-state index in [0.29, 0.717) is 36.1 Å². The van der Waals surface area contributed by atoms with Gasteiger partial charge in [-0.3, -0.25) is 9.59 Å². The molecule has 0 aromatic heterocycles. The van der Waals surface area contributed by atoms with Gasteiger partial charge in [0.25, 0.3) is 5.91 Å². The maximum absolute atomic E-state index is 12.4. The van der Waals surface area contributed by atoms with Crippen LogP contribution in [-0.4, -0.2) is 31.1 Å².